The Bertz CT molecular complexity index is 1440. The molecule has 0 aliphatic carbocycles. The van der Waals surface area contributed by atoms with Gasteiger partial charge in [0.1, 0.15) is 0 Å². The number of thioether (sulfide) groups is 1. The smallest absolute Gasteiger partial charge is 0.270 e. The number of rotatable bonds is 7. The number of ether oxygens (including phenoxy) is 2. The zero-order chi connectivity index (χ0) is 26.7. The van der Waals surface area contributed by atoms with Gasteiger partial charge in [-0.25, -0.2) is 0 Å². The maximum atomic E-state index is 13.2. The number of hydrogen-bond donors (Lipinski definition) is 1. The van der Waals surface area contributed by atoms with Crippen LogP contribution in [0.3, 0.4) is 0 Å². The van der Waals surface area contributed by atoms with Crippen LogP contribution in [0.2, 0.25) is 10.0 Å². The third-order valence-electron chi connectivity index (χ3n) is 5.44. The summed E-state index contributed by atoms with van der Waals surface area (Å²) in [5.41, 5.74) is 4.02. The van der Waals surface area contributed by atoms with Gasteiger partial charge in [-0.2, -0.15) is 0 Å². The summed E-state index contributed by atoms with van der Waals surface area (Å²) in [5, 5.41) is 3.47. The summed E-state index contributed by atoms with van der Waals surface area (Å²) < 4.78 is 11.6. The molecular formula is C27H22Cl2N2O4S2. The van der Waals surface area contributed by atoms with E-state index in [1.165, 1.54) is 24.9 Å². The molecule has 1 saturated heterocycles. The van der Waals surface area contributed by atoms with Gasteiger partial charge >= 0.3 is 0 Å². The largest absolute Gasteiger partial charge is 0.493 e. The van der Waals surface area contributed by atoms with E-state index in [2.05, 4.69) is 5.32 Å². The predicted octanol–water partition coefficient (Wildman–Crippen LogP) is 7.04. The molecule has 1 fully saturated rings. The molecule has 3 aromatic rings. The fourth-order valence-electron chi connectivity index (χ4n) is 3.70. The average Bonchev–Trinajstić information content (AvgIpc) is 3.12. The fraction of sp³-hybridized carbons (Fsp3) is 0.148. The van der Waals surface area contributed by atoms with Gasteiger partial charge in [0.25, 0.3) is 11.8 Å². The van der Waals surface area contributed by atoms with Crippen LogP contribution in [0.5, 0.6) is 11.5 Å². The minimum Gasteiger partial charge on any atom is -0.493 e. The van der Waals surface area contributed by atoms with E-state index < -0.39 is 5.91 Å². The van der Waals surface area contributed by atoms with Crippen molar-refractivity contribution < 1.29 is 19.1 Å². The van der Waals surface area contributed by atoms with Crippen molar-refractivity contribution in [1.82, 2.24) is 0 Å². The van der Waals surface area contributed by atoms with Crippen LogP contribution in [-0.4, -0.2) is 29.9 Å². The van der Waals surface area contributed by atoms with E-state index in [4.69, 9.17) is 44.9 Å². The number of anilines is 2. The van der Waals surface area contributed by atoms with Crippen LogP contribution < -0.4 is 19.7 Å². The molecule has 3 aromatic carbocycles. The molecule has 2 amide bonds. The molecule has 0 saturated carbocycles. The average molecular weight is 574 g/mol. The molecule has 10 heteroatoms. The number of carbonyl (C=O) groups excluding carboxylic acids is 2. The summed E-state index contributed by atoms with van der Waals surface area (Å²) >= 11 is 18.7. The van der Waals surface area contributed by atoms with Crippen LogP contribution >= 0.6 is 47.2 Å². The van der Waals surface area contributed by atoms with Crippen LogP contribution in [0.4, 0.5) is 11.4 Å². The zero-order valence-electron chi connectivity index (χ0n) is 20.1. The van der Waals surface area contributed by atoms with Crippen molar-refractivity contribution in [3.8, 4) is 11.5 Å². The Morgan fingerprint density at radius 3 is 2.57 bits per heavy atom. The van der Waals surface area contributed by atoms with Gasteiger partial charge in [0.15, 0.2) is 22.4 Å². The van der Waals surface area contributed by atoms with E-state index >= 15 is 0 Å². The maximum absolute atomic E-state index is 13.2. The number of benzene rings is 3. The van der Waals surface area contributed by atoms with E-state index in [9.17, 15) is 9.59 Å². The van der Waals surface area contributed by atoms with E-state index in [0.29, 0.717) is 36.5 Å². The minimum atomic E-state index is -0.398. The molecule has 0 bridgehead atoms. The molecule has 0 radical (unpaired) electrons. The second kappa shape index (κ2) is 11.6. The number of nitrogens with one attached hydrogen (secondary N) is 1. The number of amides is 2. The maximum Gasteiger partial charge on any atom is 0.270 e. The van der Waals surface area contributed by atoms with Gasteiger partial charge in [0, 0.05) is 5.02 Å². The topological polar surface area (TPSA) is 67.9 Å². The third kappa shape index (κ3) is 6.27. The highest BCUT2D eigenvalue weighted by Crippen LogP contribution is 2.38. The summed E-state index contributed by atoms with van der Waals surface area (Å²) in [7, 11) is 1.50. The highest BCUT2D eigenvalue weighted by atomic mass is 35.5. The molecular weight excluding hydrogens is 551 g/mol. The van der Waals surface area contributed by atoms with E-state index in [1.807, 2.05) is 32.0 Å². The van der Waals surface area contributed by atoms with Gasteiger partial charge in [-0.05, 0) is 67.4 Å². The highest BCUT2D eigenvalue weighted by Gasteiger charge is 2.34. The lowest BCUT2D eigenvalue weighted by Gasteiger charge is -2.17. The predicted molar refractivity (Wildman–Crippen MR) is 155 cm³/mol. The molecule has 190 valence electrons. The Kier molecular flexibility index (Phi) is 8.44. The standard InChI is InChI=1S/C27H22Cl2N2O4S2/c1-15-4-8-21(16(2)10-15)31-26(33)24(37-27(31)36)12-17-5-9-22(23(11-17)34-3)35-14-25(32)30-20-7-6-18(28)13-19(20)29/h4-13H,14H2,1-3H3,(H,30,32)/b24-12-. The zero-order valence-corrected chi connectivity index (χ0v) is 23.3. The van der Waals surface area contributed by atoms with Gasteiger partial charge < -0.3 is 14.8 Å². The third-order valence-corrected chi connectivity index (χ3v) is 7.29. The first-order valence-electron chi connectivity index (χ1n) is 11.1. The fourth-order valence-corrected chi connectivity index (χ4v) is 5.44. The molecule has 6 nitrogen and oxygen atoms in total. The number of methoxy groups -OCH3 is 1. The number of thiocarbonyl (C=S) groups is 1. The van der Waals surface area contributed by atoms with E-state index in [0.717, 1.165) is 22.4 Å². The van der Waals surface area contributed by atoms with Crippen molar-refractivity contribution in [3.05, 3.63) is 86.2 Å². The van der Waals surface area contributed by atoms with Gasteiger partial charge in [-0.15, -0.1) is 0 Å². The summed E-state index contributed by atoms with van der Waals surface area (Å²) in [5.74, 6) is 0.208. The van der Waals surface area contributed by atoms with Gasteiger partial charge in [0.05, 0.1) is 28.4 Å². The second-order valence-corrected chi connectivity index (χ2v) is 10.7. The molecule has 0 spiro atoms. The molecule has 37 heavy (non-hydrogen) atoms. The Morgan fingerprint density at radius 1 is 1.08 bits per heavy atom. The van der Waals surface area contributed by atoms with E-state index in [1.54, 1.807) is 41.3 Å². The summed E-state index contributed by atoms with van der Waals surface area (Å²) in [6, 6.07) is 15.8. The molecule has 4 rings (SSSR count). The molecule has 0 atom stereocenters. The van der Waals surface area contributed by atoms with Gasteiger partial charge in [-0.3, -0.25) is 14.5 Å². The number of nitrogens with zero attached hydrogens (tertiary/aromatic N) is 1. The van der Waals surface area contributed by atoms with Crippen LogP contribution in [0.1, 0.15) is 16.7 Å². The first kappa shape index (κ1) is 27.0. The van der Waals surface area contributed by atoms with E-state index in [-0.39, 0.29) is 12.5 Å². The molecule has 1 aliphatic rings. The van der Waals surface area contributed by atoms with Crippen LogP contribution in [0.15, 0.2) is 59.5 Å². The number of carbonyl (C=O) groups is 2. The Labute approximate surface area is 234 Å². The molecule has 1 N–H and O–H groups in total. The summed E-state index contributed by atoms with van der Waals surface area (Å²) in [6.45, 7) is 3.70. The number of halogens is 2. The summed E-state index contributed by atoms with van der Waals surface area (Å²) in [4.78, 5) is 27.6. The lowest BCUT2D eigenvalue weighted by molar-refractivity contribution is -0.118. The Morgan fingerprint density at radius 2 is 1.86 bits per heavy atom. The molecule has 0 unspecified atom stereocenters. The second-order valence-electron chi connectivity index (χ2n) is 8.18. The first-order chi connectivity index (χ1) is 17.7. The first-order valence-corrected chi connectivity index (χ1v) is 13.1. The van der Waals surface area contributed by atoms with Crippen LogP contribution in [-0.2, 0) is 9.59 Å². The van der Waals surface area contributed by atoms with Crippen LogP contribution in [0.25, 0.3) is 6.08 Å². The quantitative estimate of drug-likeness (QED) is 0.242. The molecule has 1 heterocycles. The van der Waals surface area contributed by atoms with Crippen molar-refractivity contribution in [2.45, 2.75) is 13.8 Å². The van der Waals surface area contributed by atoms with Crippen molar-refractivity contribution in [1.29, 1.82) is 0 Å². The van der Waals surface area contributed by atoms with Crippen LogP contribution in [0, 0.1) is 13.8 Å². The van der Waals surface area contributed by atoms with Crippen molar-refractivity contribution in [2.24, 2.45) is 0 Å². The van der Waals surface area contributed by atoms with Gasteiger partial charge in [0.2, 0.25) is 0 Å². The monoisotopic (exact) mass is 572 g/mol. The Hall–Kier alpha value is -3.04. The normalized spacial score (nSPS) is 14.3. The lowest BCUT2D eigenvalue weighted by Crippen LogP contribution is -2.28. The van der Waals surface area contributed by atoms with Crippen molar-refractivity contribution >= 4 is 80.8 Å². The Balaban J connectivity index is 1.46. The number of aryl methyl sites for hydroxylation is 2. The van der Waals surface area contributed by atoms with Crippen molar-refractivity contribution in [2.75, 3.05) is 23.9 Å². The minimum absolute atomic E-state index is 0.182. The number of hydrogen-bond acceptors (Lipinski definition) is 6. The summed E-state index contributed by atoms with van der Waals surface area (Å²) in [6.07, 6.45) is 1.75. The molecule has 1 aliphatic heterocycles. The highest BCUT2D eigenvalue weighted by molar-refractivity contribution is 8.27. The molecule has 0 aromatic heterocycles. The SMILES string of the molecule is COc1cc(/C=C2\SC(=S)N(c3ccc(C)cc3C)C2=O)ccc1OCC(=O)Nc1ccc(Cl)cc1Cl. The lowest BCUT2D eigenvalue weighted by atomic mass is 10.1. The van der Waals surface area contributed by atoms with Crippen molar-refractivity contribution in [3.63, 3.8) is 0 Å². The van der Waals surface area contributed by atoms with Gasteiger partial charge in [-0.1, -0.05) is 70.9 Å².